The van der Waals surface area contributed by atoms with E-state index in [-0.39, 0.29) is 18.2 Å². The van der Waals surface area contributed by atoms with E-state index in [1.807, 2.05) is 0 Å². The minimum atomic E-state index is -1.01. The fraction of sp³-hybridized carbons (Fsp3) is 0.667. The number of rotatable bonds is 4. The number of carboxylic acid groups (broad SMARTS) is 1. The lowest BCUT2D eigenvalue weighted by Gasteiger charge is -2.16. The second-order valence-corrected chi connectivity index (χ2v) is 3.51. The number of nitrogens with zero attached hydrogens (tertiary/aromatic N) is 1. The van der Waals surface area contributed by atoms with Crippen molar-refractivity contribution >= 4 is 17.8 Å². The van der Waals surface area contributed by atoms with Crippen molar-refractivity contribution in [2.75, 3.05) is 7.05 Å². The summed E-state index contributed by atoms with van der Waals surface area (Å²) in [6.45, 7) is 1.71. The summed E-state index contributed by atoms with van der Waals surface area (Å²) >= 11 is 0. The molecule has 1 aliphatic heterocycles. The number of hydrogen-bond acceptors (Lipinski definition) is 4. The predicted octanol–water partition coefficient (Wildman–Crippen LogP) is -0.803. The minimum absolute atomic E-state index is 0.0408. The molecule has 0 aromatic rings. The third-order valence-electron chi connectivity index (χ3n) is 2.49. The van der Waals surface area contributed by atoms with Crippen LogP contribution in [0.25, 0.3) is 0 Å². The zero-order chi connectivity index (χ0) is 11.6. The first kappa shape index (κ1) is 11.6. The summed E-state index contributed by atoms with van der Waals surface area (Å²) in [4.78, 5) is 34.3. The molecule has 2 unspecified atom stereocenters. The third-order valence-corrected chi connectivity index (χ3v) is 2.49. The maximum Gasteiger partial charge on any atom is 0.320 e. The van der Waals surface area contributed by atoms with Crippen molar-refractivity contribution in [3.8, 4) is 0 Å². The quantitative estimate of drug-likeness (QED) is 0.598. The molecule has 2 N–H and O–H groups in total. The van der Waals surface area contributed by atoms with E-state index in [4.69, 9.17) is 5.11 Å². The molecule has 1 heterocycles. The van der Waals surface area contributed by atoms with E-state index in [9.17, 15) is 14.4 Å². The van der Waals surface area contributed by atoms with Crippen LogP contribution in [-0.4, -0.2) is 46.9 Å². The highest BCUT2D eigenvalue weighted by atomic mass is 16.4. The van der Waals surface area contributed by atoms with Gasteiger partial charge in [-0.15, -0.1) is 0 Å². The van der Waals surface area contributed by atoms with E-state index >= 15 is 0 Å². The number of likely N-dealkylation sites (N-methyl/N-ethyl adjacent to an activating group) is 1. The summed E-state index contributed by atoms with van der Waals surface area (Å²) in [7, 11) is 1.40. The van der Waals surface area contributed by atoms with Gasteiger partial charge in [0.25, 0.3) is 0 Å². The second-order valence-electron chi connectivity index (χ2n) is 3.51. The van der Waals surface area contributed by atoms with Crippen LogP contribution in [0, 0.1) is 0 Å². The van der Waals surface area contributed by atoms with Gasteiger partial charge in [-0.25, -0.2) is 0 Å². The summed E-state index contributed by atoms with van der Waals surface area (Å²) in [5, 5.41) is 11.4. The maximum absolute atomic E-state index is 11.4. The van der Waals surface area contributed by atoms with Crippen LogP contribution in [0.15, 0.2) is 0 Å². The largest absolute Gasteiger partial charge is 0.480 e. The lowest BCUT2D eigenvalue weighted by atomic mass is 10.1. The molecular formula is C9H14N2O4. The summed E-state index contributed by atoms with van der Waals surface area (Å²) in [6, 6.07) is -1.47. The number of carboxylic acids is 1. The summed E-state index contributed by atoms with van der Waals surface area (Å²) in [5.41, 5.74) is 0. The highest BCUT2D eigenvalue weighted by Gasteiger charge is 2.37. The van der Waals surface area contributed by atoms with Crippen molar-refractivity contribution in [2.45, 2.75) is 31.8 Å². The molecule has 0 bridgehead atoms. The monoisotopic (exact) mass is 214 g/mol. The Labute approximate surface area is 87.2 Å². The van der Waals surface area contributed by atoms with Crippen molar-refractivity contribution in [3.63, 3.8) is 0 Å². The van der Waals surface area contributed by atoms with Gasteiger partial charge in [-0.2, -0.15) is 0 Å². The van der Waals surface area contributed by atoms with Gasteiger partial charge in [-0.3, -0.25) is 24.6 Å². The van der Waals surface area contributed by atoms with E-state index in [2.05, 4.69) is 5.32 Å². The number of likely N-dealkylation sites (tertiary alicyclic amines) is 1. The highest BCUT2D eigenvalue weighted by Crippen LogP contribution is 2.11. The van der Waals surface area contributed by atoms with E-state index in [0.29, 0.717) is 6.42 Å². The molecule has 0 saturated carbocycles. The van der Waals surface area contributed by atoms with Crippen LogP contribution in [0.3, 0.4) is 0 Å². The molecule has 2 amide bonds. The first-order valence-corrected chi connectivity index (χ1v) is 4.76. The average molecular weight is 214 g/mol. The molecule has 84 valence electrons. The smallest absolute Gasteiger partial charge is 0.320 e. The highest BCUT2D eigenvalue weighted by molar-refractivity contribution is 6.05. The second kappa shape index (κ2) is 4.39. The molecule has 1 saturated heterocycles. The molecule has 0 aromatic carbocycles. The first-order chi connectivity index (χ1) is 6.97. The molecule has 15 heavy (non-hydrogen) atoms. The Kier molecular flexibility index (Phi) is 3.41. The molecule has 1 aliphatic rings. The van der Waals surface area contributed by atoms with Crippen LogP contribution in [0.5, 0.6) is 0 Å². The summed E-state index contributed by atoms with van der Waals surface area (Å²) in [6.07, 6.45) is 0.413. The Morgan fingerprint density at radius 3 is 2.60 bits per heavy atom. The van der Waals surface area contributed by atoms with Crippen LogP contribution in [0.1, 0.15) is 19.8 Å². The van der Waals surface area contributed by atoms with Crippen molar-refractivity contribution in [1.29, 1.82) is 0 Å². The van der Waals surface area contributed by atoms with Crippen LogP contribution < -0.4 is 5.32 Å². The zero-order valence-electron chi connectivity index (χ0n) is 8.69. The average Bonchev–Trinajstić information content (AvgIpc) is 2.42. The Morgan fingerprint density at radius 1 is 1.67 bits per heavy atom. The minimum Gasteiger partial charge on any atom is -0.480 e. The third kappa shape index (κ3) is 2.33. The van der Waals surface area contributed by atoms with Gasteiger partial charge in [0.05, 0.1) is 12.5 Å². The molecular weight excluding hydrogens is 200 g/mol. The standard InChI is InChI=1S/C9H14N2O4/c1-3-5(9(14)15)10-6-4-7(12)11(2)8(6)13/h5-6,10H,3-4H2,1-2H3,(H,14,15). The Morgan fingerprint density at radius 2 is 2.27 bits per heavy atom. The number of imide groups is 1. The van der Waals surface area contributed by atoms with Gasteiger partial charge in [0.15, 0.2) is 0 Å². The van der Waals surface area contributed by atoms with Crippen molar-refractivity contribution in [3.05, 3.63) is 0 Å². The van der Waals surface area contributed by atoms with Gasteiger partial charge in [0, 0.05) is 7.05 Å². The molecule has 6 heteroatoms. The predicted molar refractivity (Wildman–Crippen MR) is 51.0 cm³/mol. The lowest BCUT2D eigenvalue weighted by molar-refractivity contribution is -0.140. The van der Waals surface area contributed by atoms with Gasteiger partial charge >= 0.3 is 5.97 Å². The van der Waals surface area contributed by atoms with E-state index in [1.165, 1.54) is 7.05 Å². The number of amides is 2. The van der Waals surface area contributed by atoms with Crippen molar-refractivity contribution < 1.29 is 19.5 Å². The fourth-order valence-electron chi connectivity index (χ4n) is 1.49. The molecule has 0 aliphatic carbocycles. The Bertz CT molecular complexity index is 302. The lowest BCUT2D eigenvalue weighted by Crippen LogP contribution is -2.46. The molecule has 0 radical (unpaired) electrons. The van der Waals surface area contributed by atoms with Gasteiger partial charge in [-0.1, -0.05) is 6.92 Å². The first-order valence-electron chi connectivity index (χ1n) is 4.76. The topological polar surface area (TPSA) is 86.7 Å². The maximum atomic E-state index is 11.4. The number of carbonyl (C=O) groups excluding carboxylic acids is 2. The molecule has 1 rings (SSSR count). The SMILES string of the molecule is CCC(NC1CC(=O)N(C)C1=O)C(=O)O. The number of hydrogen-bond donors (Lipinski definition) is 2. The molecule has 1 fully saturated rings. The normalized spacial score (nSPS) is 23.3. The number of carbonyl (C=O) groups is 3. The van der Waals surface area contributed by atoms with E-state index < -0.39 is 18.1 Å². The fourth-order valence-corrected chi connectivity index (χ4v) is 1.49. The van der Waals surface area contributed by atoms with Crippen LogP contribution in [-0.2, 0) is 14.4 Å². The van der Waals surface area contributed by atoms with Gasteiger partial charge in [0.2, 0.25) is 11.8 Å². The summed E-state index contributed by atoms with van der Waals surface area (Å²) < 4.78 is 0. The molecule has 0 aromatic heterocycles. The van der Waals surface area contributed by atoms with Gasteiger partial charge < -0.3 is 5.11 Å². The van der Waals surface area contributed by atoms with Gasteiger partial charge in [0.1, 0.15) is 6.04 Å². The van der Waals surface area contributed by atoms with Crippen LogP contribution in [0.4, 0.5) is 0 Å². The zero-order valence-corrected chi connectivity index (χ0v) is 8.69. The van der Waals surface area contributed by atoms with E-state index in [1.54, 1.807) is 6.92 Å². The summed E-state index contributed by atoms with van der Waals surface area (Å²) in [5.74, 6) is -1.65. The number of aliphatic carboxylic acids is 1. The van der Waals surface area contributed by atoms with Gasteiger partial charge in [-0.05, 0) is 6.42 Å². The van der Waals surface area contributed by atoms with E-state index in [0.717, 1.165) is 4.90 Å². The molecule has 2 atom stereocenters. The Hall–Kier alpha value is -1.43. The van der Waals surface area contributed by atoms with Crippen LogP contribution in [0.2, 0.25) is 0 Å². The molecule has 6 nitrogen and oxygen atoms in total. The van der Waals surface area contributed by atoms with Crippen LogP contribution >= 0.6 is 0 Å². The van der Waals surface area contributed by atoms with Crippen molar-refractivity contribution in [1.82, 2.24) is 10.2 Å². The number of nitrogens with one attached hydrogen (secondary N) is 1. The molecule has 0 spiro atoms. The van der Waals surface area contributed by atoms with Crippen molar-refractivity contribution in [2.24, 2.45) is 0 Å². The Balaban J connectivity index is 2.63.